The van der Waals surface area contributed by atoms with Gasteiger partial charge in [0.1, 0.15) is 0 Å². The normalized spacial score (nSPS) is 21.4. The first kappa shape index (κ1) is 15.2. The molecule has 0 aromatic carbocycles. The smallest absolute Gasteiger partial charge is 0.156 e. The molecule has 1 aliphatic heterocycles. The molecular weight excluding hydrogens is 230 g/mol. The first-order valence-electron chi connectivity index (χ1n) is 6.67. The second-order valence-corrected chi connectivity index (χ2v) is 5.13. The van der Waals surface area contributed by atoms with E-state index in [-0.39, 0.29) is 6.04 Å². The molecule has 106 valence electrons. The van der Waals surface area contributed by atoms with Crippen LogP contribution in [0.15, 0.2) is 5.16 Å². The molecule has 1 saturated heterocycles. The average Bonchev–Trinajstić information content (AvgIpc) is 2.38. The molecule has 1 rings (SSSR count). The Labute approximate surface area is 110 Å². The summed E-state index contributed by atoms with van der Waals surface area (Å²) in [5, 5.41) is 11.9. The largest absolute Gasteiger partial charge is 0.409 e. The summed E-state index contributed by atoms with van der Waals surface area (Å²) in [4.78, 5) is 6.98. The van der Waals surface area contributed by atoms with Gasteiger partial charge >= 0.3 is 0 Å². The van der Waals surface area contributed by atoms with Crippen LogP contribution in [0.1, 0.15) is 13.3 Å². The summed E-state index contributed by atoms with van der Waals surface area (Å²) in [5.74, 6) is 0.333. The Morgan fingerprint density at radius 2 is 1.94 bits per heavy atom. The maximum Gasteiger partial charge on any atom is 0.156 e. The number of nitrogens with two attached hydrogens (primary N) is 1. The van der Waals surface area contributed by atoms with E-state index < -0.39 is 0 Å². The number of rotatable bonds is 6. The number of oxime groups is 1. The van der Waals surface area contributed by atoms with E-state index in [1.54, 1.807) is 0 Å². The molecule has 1 atom stereocenters. The lowest BCUT2D eigenvalue weighted by Crippen LogP contribution is -2.54. The Morgan fingerprint density at radius 1 is 1.33 bits per heavy atom. The van der Waals surface area contributed by atoms with Crippen LogP contribution in [0.5, 0.6) is 0 Å². The third-order valence-electron chi connectivity index (χ3n) is 3.55. The summed E-state index contributed by atoms with van der Waals surface area (Å²) in [6, 6.07) is 0.0750. The Morgan fingerprint density at radius 3 is 2.39 bits per heavy atom. The van der Waals surface area contributed by atoms with E-state index in [9.17, 15) is 0 Å². The van der Waals surface area contributed by atoms with Gasteiger partial charge in [-0.1, -0.05) is 12.1 Å². The maximum atomic E-state index is 8.78. The molecule has 0 aromatic rings. The van der Waals surface area contributed by atoms with E-state index in [0.717, 1.165) is 45.7 Å². The van der Waals surface area contributed by atoms with Gasteiger partial charge in [-0.05, 0) is 20.5 Å². The maximum absolute atomic E-state index is 8.78. The molecule has 0 amide bonds. The molecular formula is C12H27N5O. The van der Waals surface area contributed by atoms with Crippen molar-refractivity contribution in [2.75, 3.05) is 53.4 Å². The van der Waals surface area contributed by atoms with Crippen LogP contribution >= 0.6 is 0 Å². The molecule has 0 bridgehead atoms. The zero-order chi connectivity index (χ0) is 13.5. The van der Waals surface area contributed by atoms with Gasteiger partial charge in [-0.2, -0.15) is 0 Å². The van der Waals surface area contributed by atoms with Crippen LogP contribution in [-0.4, -0.2) is 85.1 Å². The number of nitrogens with zero attached hydrogens (tertiary/aromatic N) is 4. The summed E-state index contributed by atoms with van der Waals surface area (Å²) >= 11 is 0. The van der Waals surface area contributed by atoms with E-state index in [0.29, 0.717) is 5.84 Å². The SMILES string of the molecule is CCC(/C(N)=N/O)N1CCN(CCN(C)C)CC1. The summed E-state index contributed by atoms with van der Waals surface area (Å²) in [6.07, 6.45) is 0.883. The number of piperazine rings is 1. The van der Waals surface area contributed by atoms with Gasteiger partial charge in [0.2, 0.25) is 0 Å². The summed E-state index contributed by atoms with van der Waals surface area (Å²) in [5.41, 5.74) is 5.73. The zero-order valence-corrected chi connectivity index (χ0v) is 11.8. The predicted molar refractivity (Wildman–Crippen MR) is 74.1 cm³/mol. The lowest BCUT2D eigenvalue weighted by atomic mass is 10.1. The van der Waals surface area contributed by atoms with Gasteiger partial charge in [0.05, 0.1) is 6.04 Å². The molecule has 1 unspecified atom stereocenters. The van der Waals surface area contributed by atoms with Crippen LogP contribution < -0.4 is 5.73 Å². The van der Waals surface area contributed by atoms with E-state index in [1.807, 2.05) is 0 Å². The van der Waals surface area contributed by atoms with Crippen molar-refractivity contribution in [2.24, 2.45) is 10.9 Å². The van der Waals surface area contributed by atoms with Crippen molar-refractivity contribution >= 4 is 5.84 Å². The fourth-order valence-corrected chi connectivity index (χ4v) is 2.36. The fraction of sp³-hybridized carbons (Fsp3) is 0.917. The molecule has 0 radical (unpaired) electrons. The van der Waals surface area contributed by atoms with Crippen molar-refractivity contribution in [1.29, 1.82) is 0 Å². The van der Waals surface area contributed by atoms with Crippen LogP contribution in [0.3, 0.4) is 0 Å². The van der Waals surface area contributed by atoms with Crippen LogP contribution in [0.25, 0.3) is 0 Å². The Hall–Kier alpha value is -0.850. The van der Waals surface area contributed by atoms with Crippen LogP contribution in [0, 0.1) is 0 Å². The van der Waals surface area contributed by atoms with Gasteiger partial charge in [-0.25, -0.2) is 0 Å². The quantitative estimate of drug-likeness (QED) is 0.296. The van der Waals surface area contributed by atoms with Gasteiger partial charge < -0.3 is 15.8 Å². The number of hydrogen-bond donors (Lipinski definition) is 2. The van der Waals surface area contributed by atoms with E-state index in [1.165, 1.54) is 0 Å². The first-order chi connectivity index (χ1) is 8.58. The van der Waals surface area contributed by atoms with Gasteiger partial charge in [0, 0.05) is 39.3 Å². The average molecular weight is 257 g/mol. The van der Waals surface area contributed by atoms with Crippen LogP contribution in [0.4, 0.5) is 0 Å². The van der Waals surface area contributed by atoms with Crippen molar-refractivity contribution < 1.29 is 5.21 Å². The molecule has 0 aromatic heterocycles. The molecule has 6 nitrogen and oxygen atoms in total. The highest BCUT2D eigenvalue weighted by Crippen LogP contribution is 2.09. The topological polar surface area (TPSA) is 68.3 Å². The minimum atomic E-state index is 0.0750. The Bertz CT molecular complexity index is 261. The van der Waals surface area contributed by atoms with Gasteiger partial charge in [-0.15, -0.1) is 0 Å². The first-order valence-corrected chi connectivity index (χ1v) is 6.67. The number of hydrogen-bond acceptors (Lipinski definition) is 5. The van der Waals surface area contributed by atoms with Gasteiger partial charge in [-0.3, -0.25) is 9.80 Å². The van der Waals surface area contributed by atoms with Crippen molar-refractivity contribution in [3.05, 3.63) is 0 Å². The summed E-state index contributed by atoms with van der Waals surface area (Å²) in [7, 11) is 4.20. The number of likely N-dealkylation sites (N-methyl/N-ethyl adjacent to an activating group) is 1. The molecule has 1 fully saturated rings. The predicted octanol–water partition coefficient (Wildman–Crippen LogP) is -0.309. The van der Waals surface area contributed by atoms with E-state index in [2.05, 4.69) is 40.9 Å². The Kier molecular flexibility index (Phi) is 6.38. The molecule has 18 heavy (non-hydrogen) atoms. The number of amidine groups is 1. The fourth-order valence-electron chi connectivity index (χ4n) is 2.36. The minimum absolute atomic E-state index is 0.0750. The summed E-state index contributed by atoms with van der Waals surface area (Å²) < 4.78 is 0. The standard InChI is InChI=1S/C12H27N5O/c1-4-11(12(13)14-18)17-9-7-16(8-10-17)6-5-15(2)3/h11,18H,4-10H2,1-3H3,(H2,13,14). The monoisotopic (exact) mass is 257 g/mol. The molecule has 0 aliphatic carbocycles. The van der Waals surface area contributed by atoms with Gasteiger partial charge in [0.15, 0.2) is 5.84 Å². The lowest BCUT2D eigenvalue weighted by Gasteiger charge is -2.38. The second kappa shape index (κ2) is 7.56. The highest BCUT2D eigenvalue weighted by Gasteiger charge is 2.25. The lowest BCUT2D eigenvalue weighted by molar-refractivity contribution is 0.109. The van der Waals surface area contributed by atoms with Crippen molar-refractivity contribution in [2.45, 2.75) is 19.4 Å². The third-order valence-corrected chi connectivity index (χ3v) is 3.55. The summed E-state index contributed by atoms with van der Waals surface area (Å²) in [6.45, 7) is 8.37. The zero-order valence-electron chi connectivity index (χ0n) is 11.8. The molecule has 6 heteroatoms. The van der Waals surface area contributed by atoms with Gasteiger partial charge in [0.25, 0.3) is 0 Å². The van der Waals surface area contributed by atoms with Crippen LogP contribution in [0.2, 0.25) is 0 Å². The minimum Gasteiger partial charge on any atom is -0.409 e. The van der Waals surface area contributed by atoms with Crippen LogP contribution in [-0.2, 0) is 0 Å². The third kappa shape index (κ3) is 4.44. The van der Waals surface area contributed by atoms with Crippen molar-refractivity contribution in [3.63, 3.8) is 0 Å². The van der Waals surface area contributed by atoms with Crippen molar-refractivity contribution in [1.82, 2.24) is 14.7 Å². The second-order valence-electron chi connectivity index (χ2n) is 5.13. The van der Waals surface area contributed by atoms with E-state index in [4.69, 9.17) is 10.9 Å². The Balaban J connectivity index is 2.38. The molecule has 1 heterocycles. The molecule has 0 saturated carbocycles. The molecule has 3 N–H and O–H groups in total. The highest BCUT2D eigenvalue weighted by atomic mass is 16.4. The molecule has 0 spiro atoms. The van der Waals surface area contributed by atoms with E-state index >= 15 is 0 Å². The highest BCUT2D eigenvalue weighted by molar-refractivity contribution is 5.85. The molecule has 1 aliphatic rings. The van der Waals surface area contributed by atoms with Crippen molar-refractivity contribution in [3.8, 4) is 0 Å².